The SMILES string of the molecule is CC1(CCc2ccccc2)CC2=C(C(=O)O1)C(c1ccccc1)NC(=O)N2. The van der Waals surface area contributed by atoms with Crippen molar-refractivity contribution in [2.75, 3.05) is 0 Å². The number of carbonyl (C=O) groups is 2. The van der Waals surface area contributed by atoms with Gasteiger partial charge in [0.25, 0.3) is 0 Å². The van der Waals surface area contributed by atoms with Gasteiger partial charge >= 0.3 is 12.0 Å². The fraction of sp³-hybridized carbons (Fsp3) is 0.273. The average Bonchev–Trinajstić information content (AvgIpc) is 2.67. The molecule has 2 N–H and O–H groups in total. The van der Waals surface area contributed by atoms with E-state index in [4.69, 9.17) is 4.74 Å². The molecule has 2 heterocycles. The molecule has 138 valence electrons. The molecule has 27 heavy (non-hydrogen) atoms. The van der Waals surface area contributed by atoms with Crippen LogP contribution in [0.5, 0.6) is 0 Å². The zero-order valence-electron chi connectivity index (χ0n) is 15.2. The number of nitrogens with one attached hydrogen (secondary N) is 2. The van der Waals surface area contributed by atoms with Crippen molar-refractivity contribution >= 4 is 12.0 Å². The fourth-order valence-electron chi connectivity index (χ4n) is 3.78. The number of urea groups is 1. The van der Waals surface area contributed by atoms with Crippen molar-refractivity contribution in [2.24, 2.45) is 0 Å². The van der Waals surface area contributed by atoms with Crippen LogP contribution >= 0.6 is 0 Å². The van der Waals surface area contributed by atoms with Crippen LogP contribution in [-0.2, 0) is 16.0 Å². The molecule has 0 spiro atoms. The van der Waals surface area contributed by atoms with E-state index in [1.54, 1.807) is 0 Å². The van der Waals surface area contributed by atoms with Gasteiger partial charge in [-0.05, 0) is 30.9 Å². The molecule has 4 rings (SSSR count). The Morgan fingerprint density at radius 2 is 1.70 bits per heavy atom. The normalized spacial score (nSPS) is 24.6. The summed E-state index contributed by atoms with van der Waals surface area (Å²) in [7, 11) is 0. The Hall–Kier alpha value is -3.08. The molecule has 0 aliphatic carbocycles. The van der Waals surface area contributed by atoms with Crippen LogP contribution in [-0.4, -0.2) is 17.6 Å². The summed E-state index contributed by atoms with van der Waals surface area (Å²) >= 11 is 0. The zero-order chi connectivity index (χ0) is 18.9. The predicted octanol–water partition coefficient (Wildman–Crippen LogP) is 3.63. The van der Waals surface area contributed by atoms with Crippen LogP contribution in [0.4, 0.5) is 4.79 Å². The average molecular weight is 362 g/mol. The lowest BCUT2D eigenvalue weighted by molar-refractivity contribution is -0.156. The van der Waals surface area contributed by atoms with Crippen LogP contribution in [0.15, 0.2) is 71.9 Å². The van der Waals surface area contributed by atoms with Crippen LogP contribution in [0.2, 0.25) is 0 Å². The second kappa shape index (κ2) is 6.91. The Morgan fingerprint density at radius 3 is 2.41 bits per heavy atom. The highest BCUT2D eigenvalue weighted by Crippen LogP contribution is 2.38. The third kappa shape index (κ3) is 3.58. The lowest BCUT2D eigenvalue weighted by atomic mass is 9.84. The van der Waals surface area contributed by atoms with Gasteiger partial charge in [-0.15, -0.1) is 0 Å². The van der Waals surface area contributed by atoms with Gasteiger partial charge in [-0.3, -0.25) is 0 Å². The Labute approximate surface area is 158 Å². The van der Waals surface area contributed by atoms with E-state index >= 15 is 0 Å². The number of benzene rings is 2. The number of ether oxygens (including phenoxy) is 1. The standard InChI is InChI=1S/C22H22N2O3/c1-22(13-12-15-8-4-2-5-9-15)14-17-18(20(25)27-22)19(24-21(26)23-17)16-10-6-3-7-11-16/h2-11,19H,12-14H2,1H3,(H2,23,24,26). The van der Waals surface area contributed by atoms with E-state index in [0.29, 0.717) is 24.1 Å². The number of hydrogen-bond acceptors (Lipinski definition) is 3. The summed E-state index contributed by atoms with van der Waals surface area (Å²) in [6.45, 7) is 1.93. The molecular formula is C22H22N2O3. The van der Waals surface area contributed by atoms with Crippen molar-refractivity contribution in [1.29, 1.82) is 0 Å². The van der Waals surface area contributed by atoms with E-state index in [-0.39, 0.29) is 12.0 Å². The minimum Gasteiger partial charge on any atom is -0.455 e. The number of rotatable bonds is 4. The first-order valence-corrected chi connectivity index (χ1v) is 9.17. The zero-order valence-corrected chi connectivity index (χ0v) is 15.2. The summed E-state index contributed by atoms with van der Waals surface area (Å²) < 4.78 is 5.86. The number of aryl methyl sites for hydroxylation is 1. The Balaban J connectivity index is 1.60. The largest absolute Gasteiger partial charge is 0.455 e. The van der Waals surface area contributed by atoms with E-state index in [1.807, 2.05) is 55.5 Å². The number of carbonyl (C=O) groups excluding carboxylic acids is 2. The number of esters is 1. The first kappa shape index (κ1) is 17.3. The Kier molecular flexibility index (Phi) is 4.44. The molecule has 5 nitrogen and oxygen atoms in total. The number of hydrogen-bond donors (Lipinski definition) is 2. The molecule has 0 bridgehead atoms. The summed E-state index contributed by atoms with van der Waals surface area (Å²) in [6, 6.07) is 18.8. The second-order valence-corrected chi connectivity index (χ2v) is 7.34. The number of amides is 2. The molecule has 0 radical (unpaired) electrons. The topological polar surface area (TPSA) is 67.4 Å². The minimum atomic E-state index is -0.641. The summed E-state index contributed by atoms with van der Waals surface area (Å²) in [4.78, 5) is 25.1. The molecule has 0 saturated heterocycles. The van der Waals surface area contributed by atoms with Crippen molar-refractivity contribution in [3.05, 3.63) is 83.1 Å². The summed E-state index contributed by atoms with van der Waals surface area (Å²) in [5, 5.41) is 5.67. The van der Waals surface area contributed by atoms with Gasteiger partial charge < -0.3 is 15.4 Å². The Morgan fingerprint density at radius 1 is 1.04 bits per heavy atom. The van der Waals surface area contributed by atoms with Gasteiger partial charge in [0.2, 0.25) is 0 Å². The van der Waals surface area contributed by atoms with Crippen molar-refractivity contribution in [2.45, 2.75) is 37.8 Å². The predicted molar refractivity (Wildman–Crippen MR) is 102 cm³/mol. The van der Waals surface area contributed by atoms with E-state index in [2.05, 4.69) is 22.8 Å². The molecule has 2 amide bonds. The van der Waals surface area contributed by atoms with Gasteiger partial charge in [-0.1, -0.05) is 60.7 Å². The van der Waals surface area contributed by atoms with E-state index < -0.39 is 11.6 Å². The lowest BCUT2D eigenvalue weighted by Crippen LogP contribution is -2.51. The van der Waals surface area contributed by atoms with E-state index in [1.165, 1.54) is 5.56 Å². The molecule has 0 saturated carbocycles. The molecule has 2 aromatic rings. The maximum atomic E-state index is 12.9. The molecular weight excluding hydrogens is 340 g/mol. The maximum absolute atomic E-state index is 12.9. The third-order valence-corrected chi connectivity index (χ3v) is 5.18. The highest BCUT2D eigenvalue weighted by Gasteiger charge is 2.43. The molecule has 2 aliphatic rings. The van der Waals surface area contributed by atoms with Gasteiger partial charge in [0.1, 0.15) is 5.60 Å². The van der Waals surface area contributed by atoms with Crippen molar-refractivity contribution < 1.29 is 14.3 Å². The van der Waals surface area contributed by atoms with Gasteiger partial charge in [0.05, 0.1) is 11.6 Å². The van der Waals surface area contributed by atoms with Crippen LogP contribution in [0.3, 0.4) is 0 Å². The van der Waals surface area contributed by atoms with Gasteiger partial charge in [0, 0.05) is 12.1 Å². The smallest absolute Gasteiger partial charge is 0.338 e. The Bertz CT molecular complexity index is 892. The van der Waals surface area contributed by atoms with Crippen LogP contribution in [0.25, 0.3) is 0 Å². The van der Waals surface area contributed by atoms with Gasteiger partial charge in [-0.25, -0.2) is 9.59 Å². The molecule has 0 fully saturated rings. The molecule has 2 aromatic carbocycles. The van der Waals surface area contributed by atoms with Crippen LogP contribution in [0.1, 0.15) is 36.9 Å². The summed E-state index contributed by atoms with van der Waals surface area (Å²) in [6.07, 6.45) is 2.00. The van der Waals surface area contributed by atoms with Crippen LogP contribution in [0, 0.1) is 0 Å². The quantitative estimate of drug-likeness (QED) is 0.816. The van der Waals surface area contributed by atoms with E-state index in [0.717, 1.165) is 12.0 Å². The minimum absolute atomic E-state index is 0.289. The van der Waals surface area contributed by atoms with E-state index in [9.17, 15) is 9.59 Å². The third-order valence-electron chi connectivity index (χ3n) is 5.18. The van der Waals surface area contributed by atoms with Gasteiger partial charge in [-0.2, -0.15) is 0 Å². The monoisotopic (exact) mass is 362 g/mol. The summed E-state index contributed by atoms with van der Waals surface area (Å²) in [5.41, 5.74) is 2.59. The van der Waals surface area contributed by atoms with Crippen molar-refractivity contribution in [1.82, 2.24) is 10.6 Å². The first-order valence-electron chi connectivity index (χ1n) is 9.17. The van der Waals surface area contributed by atoms with Gasteiger partial charge in [0.15, 0.2) is 0 Å². The molecule has 0 aromatic heterocycles. The molecule has 2 unspecified atom stereocenters. The van der Waals surface area contributed by atoms with Crippen molar-refractivity contribution in [3.63, 3.8) is 0 Å². The second-order valence-electron chi connectivity index (χ2n) is 7.34. The highest BCUT2D eigenvalue weighted by molar-refractivity contribution is 5.96. The van der Waals surface area contributed by atoms with Crippen molar-refractivity contribution in [3.8, 4) is 0 Å². The molecule has 2 atom stereocenters. The lowest BCUT2D eigenvalue weighted by Gasteiger charge is -2.40. The number of cyclic esters (lactones) is 1. The maximum Gasteiger partial charge on any atom is 0.338 e. The molecule has 2 aliphatic heterocycles. The first-order chi connectivity index (χ1) is 13.0. The molecule has 5 heteroatoms. The summed E-state index contributed by atoms with van der Waals surface area (Å²) in [5.74, 6) is -0.367. The highest BCUT2D eigenvalue weighted by atomic mass is 16.6. The fourth-order valence-corrected chi connectivity index (χ4v) is 3.78. The van der Waals surface area contributed by atoms with Crippen LogP contribution < -0.4 is 10.6 Å².